The lowest BCUT2D eigenvalue weighted by Gasteiger charge is -2.02. The monoisotopic (exact) mass is 254 g/mol. The second kappa shape index (κ2) is 5.83. The summed E-state index contributed by atoms with van der Waals surface area (Å²) >= 11 is 1.36. The number of hydrogen-bond acceptors (Lipinski definition) is 5. The van der Waals surface area contributed by atoms with E-state index < -0.39 is 0 Å². The molecule has 0 aliphatic heterocycles. The third-order valence-corrected chi connectivity index (χ3v) is 2.95. The lowest BCUT2D eigenvalue weighted by atomic mass is 10.4. The van der Waals surface area contributed by atoms with Gasteiger partial charge < -0.3 is 9.72 Å². The van der Waals surface area contributed by atoms with Crippen LogP contribution in [-0.2, 0) is 4.74 Å². The van der Waals surface area contributed by atoms with Crippen molar-refractivity contribution in [1.82, 2.24) is 19.9 Å². The van der Waals surface area contributed by atoms with E-state index in [2.05, 4.69) is 26.9 Å². The molecule has 0 aromatic carbocycles. The maximum absolute atomic E-state index is 11.6. The molecule has 2 heterocycles. The van der Waals surface area contributed by atoms with Crippen LogP contribution in [0.5, 0.6) is 0 Å². The number of aromatic nitrogens is 4. The minimum atomic E-state index is -0.205. The van der Waals surface area contributed by atoms with Gasteiger partial charge in [0.25, 0.3) is 5.56 Å². The van der Waals surface area contributed by atoms with E-state index >= 15 is 0 Å². The number of thioether (sulfide) groups is 1. The van der Waals surface area contributed by atoms with Gasteiger partial charge in [-0.1, -0.05) is 25.1 Å². The van der Waals surface area contributed by atoms with Gasteiger partial charge in [-0.15, -0.1) is 0 Å². The largest absolute Gasteiger partial charge is 0.370 e. The number of ether oxygens (including phenoxy) is 1. The molecular weight excluding hydrogens is 240 g/mol. The van der Waals surface area contributed by atoms with Crippen LogP contribution < -0.4 is 5.56 Å². The number of aromatic amines is 2. The van der Waals surface area contributed by atoms with Gasteiger partial charge in [-0.25, -0.2) is 9.97 Å². The smallest absolute Gasteiger partial charge is 0.277 e. The Balaban J connectivity index is 1.97. The van der Waals surface area contributed by atoms with Gasteiger partial charge in [0.1, 0.15) is 0 Å². The van der Waals surface area contributed by atoms with E-state index in [9.17, 15) is 4.79 Å². The molecule has 7 heteroatoms. The molecule has 2 aromatic rings. The minimum absolute atomic E-state index is 0.205. The van der Waals surface area contributed by atoms with Gasteiger partial charge >= 0.3 is 0 Å². The van der Waals surface area contributed by atoms with Crippen LogP contribution in [0.1, 0.15) is 19.8 Å². The Kier molecular flexibility index (Phi) is 4.16. The lowest BCUT2D eigenvalue weighted by Crippen LogP contribution is -2.09. The summed E-state index contributed by atoms with van der Waals surface area (Å²) in [5, 5.41) is 0.533. The maximum atomic E-state index is 11.6. The first kappa shape index (κ1) is 12.1. The first-order valence-electron chi connectivity index (χ1n) is 5.45. The van der Waals surface area contributed by atoms with Crippen LogP contribution in [0.3, 0.4) is 0 Å². The zero-order valence-electron chi connectivity index (χ0n) is 9.52. The second-order valence-corrected chi connectivity index (χ2v) is 4.41. The Morgan fingerprint density at radius 3 is 3.24 bits per heavy atom. The Bertz CT molecular complexity index is 536. The summed E-state index contributed by atoms with van der Waals surface area (Å²) in [6, 6.07) is 0. The highest BCUT2D eigenvalue weighted by atomic mass is 32.2. The van der Waals surface area contributed by atoms with E-state index in [4.69, 9.17) is 4.74 Å². The van der Waals surface area contributed by atoms with Crippen molar-refractivity contribution in [1.29, 1.82) is 0 Å². The van der Waals surface area contributed by atoms with Gasteiger partial charge in [-0.2, -0.15) is 0 Å². The summed E-state index contributed by atoms with van der Waals surface area (Å²) in [6.07, 6.45) is 3.61. The molecule has 0 fully saturated rings. The van der Waals surface area contributed by atoms with Crippen LogP contribution in [0.15, 0.2) is 16.3 Å². The molecule has 6 nitrogen and oxygen atoms in total. The first-order valence-corrected chi connectivity index (χ1v) is 6.43. The molecule has 0 saturated heterocycles. The zero-order valence-corrected chi connectivity index (χ0v) is 10.3. The molecule has 92 valence electrons. The molecule has 0 aliphatic carbocycles. The van der Waals surface area contributed by atoms with E-state index in [1.165, 1.54) is 18.1 Å². The molecule has 2 aromatic heterocycles. The summed E-state index contributed by atoms with van der Waals surface area (Å²) in [5.41, 5.74) is 0.634. The summed E-state index contributed by atoms with van der Waals surface area (Å²) < 4.78 is 5.38. The van der Waals surface area contributed by atoms with Gasteiger partial charge in [0, 0.05) is 6.61 Å². The summed E-state index contributed by atoms with van der Waals surface area (Å²) in [4.78, 5) is 25.1. The Hall–Kier alpha value is -1.34. The van der Waals surface area contributed by atoms with Crippen LogP contribution in [0.25, 0.3) is 11.2 Å². The van der Waals surface area contributed by atoms with Crippen molar-refractivity contribution in [2.24, 2.45) is 0 Å². The maximum Gasteiger partial charge on any atom is 0.277 e. The quantitative estimate of drug-likeness (QED) is 0.353. The number of nitrogens with zero attached hydrogens (tertiary/aromatic N) is 2. The van der Waals surface area contributed by atoms with Crippen molar-refractivity contribution in [2.45, 2.75) is 24.9 Å². The fourth-order valence-electron chi connectivity index (χ4n) is 1.29. The van der Waals surface area contributed by atoms with Gasteiger partial charge in [0.05, 0.1) is 12.3 Å². The third-order valence-electron chi connectivity index (χ3n) is 2.20. The van der Waals surface area contributed by atoms with Crippen molar-refractivity contribution >= 4 is 22.9 Å². The van der Waals surface area contributed by atoms with Crippen molar-refractivity contribution in [3.05, 3.63) is 16.7 Å². The lowest BCUT2D eigenvalue weighted by molar-refractivity contribution is 0.178. The van der Waals surface area contributed by atoms with Crippen LogP contribution in [0.4, 0.5) is 0 Å². The van der Waals surface area contributed by atoms with Crippen LogP contribution in [0, 0.1) is 0 Å². The Morgan fingerprint density at radius 1 is 1.53 bits per heavy atom. The normalized spacial score (nSPS) is 11.1. The Morgan fingerprint density at radius 2 is 2.41 bits per heavy atom. The number of nitrogens with one attached hydrogen (secondary N) is 2. The number of hydrogen-bond donors (Lipinski definition) is 2. The standard InChI is InChI=1S/C10H14N4O2S/c1-2-3-4-16-6-17-10-13-8-7(9(15)14-10)11-5-12-8/h5H,2-4,6H2,1H3,(H2,11,12,13,14,15). The molecule has 0 unspecified atom stereocenters. The van der Waals surface area contributed by atoms with Gasteiger partial charge in [-0.3, -0.25) is 9.78 Å². The van der Waals surface area contributed by atoms with Gasteiger partial charge in [-0.05, 0) is 6.42 Å². The van der Waals surface area contributed by atoms with E-state index in [1.807, 2.05) is 0 Å². The van der Waals surface area contributed by atoms with Crippen LogP contribution in [-0.4, -0.2) is 32.5 Å². The highest BCUT2D eigenvalue weighted by Crippen LogP contribution is 2.12. The molecular formula is C10H14N4O2S. The molecule has 0 aliphatic rings. The predicted octanol–water partition coefficient (Wildman–Crippen LogP) is 1.51. The minimum Gasteiger partial charge on any atom is -0.370 e. The van der Waals surface area contributed by atoms with Crippen LogP contribution >= 0.6 is 11.8 Å². The van der Waals surface area contributed by atoms with Gasteiger partial charge in [0.15, 0.2) is 16.3 Å². The number of unbranched alkanes of at least 4 members (excludes halogenated alkanes) is 1. The average Bonchev–Trinajstić information content (AvgIpc) is 2.77. The molecule has 2 rings (SSSR count). The fraction of sp³-hybridized carbons (Fsp3) is 0.500. The summed E-state index contributed by atoms with van der Waals surface area (Å²) in [5.74, 6) is 0.485. The summed E-state index contributed by atoms with van der Waals surface area (Å²) in [7, 11) is 0. The van der Waals surface area contributed by atoms with E-state index in [1.54, 1.807) is 0 Å². The predicted molar refractivity (Wildman–Crippen MR) is 66.1 cm³/mol. The first-order chi connectivity index (χ1) is 8.31. The van der Waals surface area contributed by atoms with E-state index in [0.717, 1.165) is 19.4 Å². The van der Waals surface area contributed by atoms with Crippen molar-refractivity contribution in [2.75, 3.05) is 12.5 Å². The number of fused-ring (bicyclic) bond motifs is 1. The fourth-order valence-corrected chi connectivity index (χ4v) is 1.92. The highest BCUT2D eigenvalue weighted by Gasteiger charge is 2.05. The van der Waals surface area contributed by atoms with E-state index in [0.29, 0.717) is 22.3 Å². The number of H-pyrrole nitrogens is 2. The summed E-state index contributed by atoms with van der Waals surface area (Å²) in [6.45, 7) is 2.85. The van der Waals surface area contributed by atoms with Crippen molar-refractivity contribution < 1.29 is 4.74 Å². The average molecular weight is 254 g/mol. The molecule has 0 atom stereocenters. The SMILES string of the molecule is CCCCOCSc1nc2nc[nH]c2c(=O)[nH]1. The molecule has 2 N–H and O–H groups in total. The molecule has 0 amide bonds. The molecule has 0 spiro atoms. The molecule has 0 saturated carbocycles. The molecule has 17 heavy (non-hydrogen) atoms. The second-order valence-electron chi connectivity index (χ2n) is 3.50. The molecule has 0 radical (unpaired) electrons. The van der Waals surface area contributed by atoms with Crippen molar-refractivity contribution in [3.8, 4) is 0 Å². The number of rotatable bonds is 6. The third kappa shape index (κ3) is 3.07. The highest BCUT2D eigenvalue weighted by molar-refractivity contribution is 7.99. The van der Waals surface area contributed by atoms with Crippen molar-refractivity contribution in [3.63, 3.8) is 0 Å². The zero-order chi connectivity index (χ0) is 12.1. The topological polar surface area (TPSA) is 83.7 Å². The van der Waals surface area contributed by atoms with E-state index in [-0.39, 0.29) is 5.56 Å². The number of imidazole rings is 1. The van der Waals surface area contributed by atoms with Gasteiger partial charge in [0.2, 0.25) is 0 Å². The Labute approximate surface area is 102 Å². The van der Waals surface area contributed by atoms with Crippen LogP contribution in [0.2, 0.25) is 0 Å². The molecule has 0 bridgehead atoms.